The molecule has 1 aromatic heterocycles. The van der Waals surface area contributed by atoms with Gasteiger partial charge in [-0.15, -0.1) is 5.10 Å². The number of fused-ring (bicyclic) bond motifs is 1. The van der Waals surface area contributed by atoms with Gasteiger partial charge in [-0.25, -0.2) is 9.18 Å². The SMILES string of the molecule is COc1nn(C(=O)OC(C)(C)C)c2c(F)cccc12. The summed E-state index contributed by atoms with van der Waals surface area (Å²) in [7, 11) is 1.41. The summed E-state index contributed by atoms with van der Waals surface area (Å²) in [5, 5.41) is 4.36. The fraction of sp³-hybridized carbons (Fsp3) is 0.385. The molecule has 0 saturated carbocycles. The molecule has 0 aliphatic rings. The molecule has 5 nitrogen and oxygen atoms in total. The van der Waals surface area contributed by atoms with E-state index in [-0.39, 0.29) is 11.4 Å². The lowest BCUT2D eigenvalue weighted by atomic mass is 10.2. The molecule has 0 radical (unpaired) electrons. The summed E-state index contributed by atoms with van der Waals surface area (Å²) in [6.07, 6.45) is -0.745. The van der Waals surface area contributed by atoms with Crippen LogP contribution in [0.2, 0.25) is 0 Å². The molecule has 0 unspecified atom stereocenters. The number of para-hydroxylation sites is 1. The van der Waals surface area contributed by atoms with E-state index < -0.39 is 17.5 Å². The van der Waals surface area contributed by atoms with Crippen molar-refractivity contribution in [3.63, 3.8) is 0 Å². The van der Waals surface area contributed by atoms with Crippen molar-refractivity contribution in [2.75, 3.05) is 7.11 Å². The van der Waals surface area contributed by atoms with Crippen molar-refractivity contribution in [2.45, 2.75) is 26.4 Å². The van der Waals surface area contributed by atoms with Crippen molar-refractivity contribution in [2.24, 2.45) is 0 Å². The number of ether oxygens (including phenoxy) is 2. The van der Waals surface area contributed by atoms with E-state index in [0.717, 1.165) is 4.68 Å². The predicted molar refractivity (Wildman–Crippen MR) is 67.9 cm³/mol. The number of halogens is 1. The van der Waals surface area contributed by atoms with Crippen molar-refractivity contribution in [1.29, 1.82) is 0 Å². The highest BCUT2D eigenvalue weighted by Gasteiger charge is 2.24. The number of rotatable bonds is 1. The Kier molecular flexibility index (Phi) is 3.18. The van der Waals surface area contributed by atoms with Crippen molar-refractivity contribution >= 4 is 17.0 Å². The van der Waals surface area contributed by atoms with Gasteiger partial charge in [0.25, 0.3) is 0 Å². The van der Waals surface area contributed by atoms with Crippen LogP contribution in [0.5, 0.6) is 5.88 Å². The third-order valence-corrected chi connectivity index (χ3v) is 2.38. The minimum atomic E-state index is -0.745. The second-order valence-corrected chi connectivity index (χ2v) is 5.04. The van der Waals surface area contributed by atoms with Crippen LogP contribution in [0.3, 0.4) is 0 Å². The molecule has 0 saturated heterocycles. The quantitative estimate of drug-likeness (QED) is 0.796. The highest BCUT2D eigenvalue weighted by Crippen LogP contribution is 2.27. The molecule has 1 heterocycles. The van der Waals surface area contributed by atoms with Gasteiger partial charge in [-0.05, 0) is 32.9 Å². The first-order chi connectivity index (χ1) is 8.83. The molecular formula is C13H15FN2O3. The zero-order valence-corrected chi connectivity index (χ0v) is 11.2. The Bertz CT molecular complexity index is 629. The molecule has 2 aromatic rings. The maximum Gasteiger partial charge on any atom is 0.436 e. The smallest absolute Gasteiger partial charge is 0.436 e. The second-order valence-electron chi connectivity index (χ2n) is 5.04. The van der Waals surface area contributed by atoms with Crippen LogP contribution >= 0.6 is 0 Å². The molecule has 0 spiro atoms. The summed E-state index contributed by atoms with van der Waals surface area (Å²) in [5.41, 5.74) is -0.637. The van der Waals surface area contributed by atoms with Crippen molar-refractivity contribution < 1.29 is 18.7 Å². The molecule has 6 heteroatoms. The number of benzene rings is 1. The van der Waals surface area contributed by atoms with Gasteiger partial charge >= 0.3 is 6.09 Å². The normalized spacial score (nSPS) is 11.6. The lowest BCUT2D eigenvalue weighted by Gasteiger charge is -2.19. The van der Waals surface area contributed by atoms with Crippen molar-refractivity contribution in [1.82, 2.24) is 9.78 Å². The number of hydrogen-bond acceptors (Lipinski definition) is 4. The van der Waals surface area contributed by atoms with Gasteiger partial charge in [-0.1, -0.05) is 6.07 Å². The highest BCUT2D eigenvalue weighted by atomic mass is 19.1. The van der Waals surface area contributed by atoms with Crippen LogP contribution in [-0.4, -0.2) is 28.6 Å². The minimum Gasteiger partial charge on any atom is -0.479 e. The second kappa shape index (κ2) is 4.53. The summed E-state index contributed by atoms with van der Waals surface area (Å²) in [5.74, 6) is -0.375. The van der Waals surface area contributed by atoms with E-state index in [2.05, 4.69) is 5.10 Å². The van der Waals surface area contributed by atoms with E-state index in [0.29, 0.717) is 5.39 Å². The number of carbonyl (C=O) groups is 1. The monoisotopic (exact) mass is 266 g/mol. The Morgan fingerprint density at radius 2 is 2.05 bits per heavy atom. The number of hydrogen-bond donors (Lipinski definition) is 0. The maximum absolute atomic E-state index is 13.9. The molecule has 0 aliphatic heterocycles. The third kappa shape index (κ3) is 2.52. The maximum atomic E-state index is 13.9. The Morgan fingerprint density at radius 1 is 1.37 bits per heavy atom. The van der Waals surface area contributed by atoms with E-state index in [1.165, 1.54) is 19.2 Å². The van der Waals surface area contributed by atoms with Gasteiger partial charge in [0.1, 0.15) is 16.9 Å². The molecule has 19 heavy (non-hydrogen) atoms. The summed E-state index contributed by atoms with van der Waals surface area (Å²) in [6, 6.07) is 4.41. The fourth-order valence-electron chi connectivity index (χ4n) is 1.69. The first-order valence-electron chi connectivity index (χ1n) is 5.78. The van der Waals surface area contributed by atoms with Gasteiger partial charge in [0.05, 0.1) is 12.5 Å². The van der Waals surface area contributed by atoms with Crippen LogP contribution in [0.4, 0.5) is 9.18 Å². The molecule has 0 bridgehead atoms. The van der Waals surface area contributed by atoms with E-state index in [4.69, 9.17) is 9.47 Å². The van der Waals surface area contributed by atoms with E-state index >= 15 is 0 Å². The topological polar surface area (TPSA) is 53.4 Å². The zero-order chi connectivity index (χ0) is 14.2. The average Bonchev–Trinajstić information content (AvgIpc) is 2.67. The lowest BCUT2D eigenvalue weighted by molar-refractivity contribution is 0.0519. The van der Waals surface area contributed by atoms with Crippen LogP contribution in [-0.2, 0) is 4.74 Å². The first kappa shape index (κ1) is 13.3. The standard InChI is InChI=1S/C13H15FN2O3/c1-13(2,3)19-12(17)16-10-8(11(15-16)18-4)6-5-7-9(10)14/h5-7H,1-4H3. The molecule has 0 atom stereocenters. The van der Waals surface area contributed by atoms with Gasteiger partial charge in [0, 0.05) is 0 Å². The van der Waals surface area contributed by atoms with Gasteiger partial charge in [-0.2, -0.15) is 4.68 Å². The highest BCUT2D eigenvalue weighted by molar-refractivity contribution is 5.91. The van der Waals surface area contributed by atoms with E-state index in [9.17, 15) is 9.18 Å². The largest absolute Gasteiger partial charge is 0.479 e. The Labute approximate surface area is 109 Å². The van der Waals surface area contributed by atoms with Gasteiger partial charge in [-0.3, -0.25) is 0 Å². The molecule has 1 aromatic carbocycles. The lowest BCUT2D eigenvalue weighted by Crippen LogP contribution is -2.27. The van der Waals surface area contributed by atoms with Crippen molar-refractivity contribution in [3.8, 4) is 5.88 Å². The summed E-state index contributed by atoms with van der Waals surface area (Å²) in [4.78, 5) is 12.0. The molecular weight excluding hydrogens is 251 g/mol. The summed E-state index contributed by atoms with van der Waals surface area (Å²) in [6.45, 7) is 5.18. The van der Waals surface area contributed by atoms with Gasteiger partial charge in [0.2, 0.25) is 5.88 Å². The molecule has 0 amide bonds. The van der Waals surface area contributed by atoms with Crippen LogP contribution in [0.25, 0.3) is 10.9 Å². The van der Waals surface area contributed by atoms with E-state index in [1.54, 1.807) is 26.8 Å². The van der Waals surface area contributed by atoms with Crippen molar-refractivity contribution in [3.05, 3.63) is 24.0 Å². The van der Waals surface area contributed by atoms with Crippen LogP contribution in [0.1, 0.15) is 20.8 Å². The van der Waals surface area contributed by atoms with Crippen LogP contribution < -0.4 is 4.74 Å². The number of carbonyl (C=O) groups excluding carboxylic acids is 1. The first-order valence-corrected chi connectivity index (χ1v) is 5.78. The number of nitrogens with zero attached hydrogens (tertiary/aromatic N) is 2. The molecule has 0 fully saturated rings. The molecule has 2 rings (SSSR count). The Balaban J connectivity index is 2.58. The molecule has 0 N–H and O–H groups in total. The Morgan fingerprint density at radius 3 is 2.63 bits per heavy atom. The zero-order valence-electron chi connectivity index (χ0n) is 11.2. The van der Waals surface area contributed by atoms with Crippen LogP contribution in [0, 0.1) is 5.82 Å². The van der Waals surface area contributed by atoms with E-state index in [1.807, 2.05) is 0 Å². The van der Waals surface area contributed by atoms with Gasteiger partial charge < -0.3 is 9.47 Å². The average molecular weight is 266 g/mol. The Hall–Kier alpha value is -2.11. The minimum absolute atomic E-state index is 0.0496. The number of aromatic nitrogens is 2. The van der Waals surface area contributed by atoms with Gasteiger partial charge in [0.15, 0.2) is 0 Å². The predicted octanol–water partition coefficient (Wildman–Crippen LogP) is 2.97. The molecule has 102 valence electrons. The fourth-order valence-corrected chi connectivity index (χ4v) is 1.69. The van der Waals surface area contributed by atoms with Crippen LogP contribution in [0.15, 0.2) is 18.2 Å². The summed E-state index contributed by atoms with van der Waals surface area (Å²) < 4.78 is 25.0. The summed E-state index contributed by atoms with van der Waals surface area (Å²) >= 11 is 0. The third-order valence-electron chi connectivity index (χ3n) is 2.38. The molecule has 0 aliphatic carbocycles. The number of methoxy groups -OCH3 is 1.